The van der Waals surface area contributed by atoms with Gasteiger partial charge < -0.3 is 5.32 Å². The summed E-state index contributed by atoms with van der Waals surface area (Å²) in [6, 6.07) is 9.35. The van der Waals surface area contributed by atoms with Gasteiger partial charge >= 0.3 is 0 Å². The summed E-state index contributed by atoms with van der Waals surface area (Å²) in [5.41, 5.74) is 4.53. The van der Waals surface area contributed by atoms with E-state index in [2.05, 4.69) is 10.3 Å². The second kappa shape index (κ2) is 5.00. The van der Waals surface area contributed by atoms with E-state index in [9.17, 15) is 4.79 Å². The number of hydrogen-bond donors (Lipinski definition) is 1. The summed E-state index contributed by atoms with van der Waals surface area (Å²) in [5, 5.41) is 2.87. The number of nitrogens with one attached hydrogen (secondary N) is 1. The molecule has 0 aliphatic heterocycles. The molecule has 0 fully saturated rings. The fourth-order valence-corrected chi connectivity index (χ4v) is 1.69. The van der Waals surface area contributed by atoms with Crippen LogP contribution in [-0.4, -0.2) is 10.9 Å². The smallest absolute Gasteiger partial charge is 0.255 e. The van der Waals surface area contributed by atoms with Crippen molar-refractivity contribution in [2.75, 3.05) is 5.32 Å². The largest absolute Gasteiger partial charge is 0.320 e. The number of carbonyl (C=O) groups excluding carboxylic acids is 1. The van der Waals surface area contributed by atoms with Gasteiger partial charge in [0.2, 0.25) is 0 Å². The Balaban J connectivity index is 2.22. The molecule has 0 aliphatic carbocycles. The zero-order chi connectivity index (χ0) is 13.1. The molecule has 1 aromatic heterocycles. The molecule has 0 radical (unpaired) electrons. The van der Waals surface area contributed by atoms with Crippen molar-refractivity contribution >= 4 is 11.6 Å². The molecule has 1 N–H and O–H groups in total. The highest BCUT2D eigenvalue weighted by molar-refractivity contribution is 6.04. The molecule has 18 heavy (non-hydrogen) atoms. The van der Waals surface area contributed by atoms with Gasteiger partial charge in [0, 0.05) is 11.8 Å². The van der Waals surface area contributed by atoms with E-state index >= 15 is 0 Å². The molecule has 0 bridgehead atoms. The molecule has 0 saturated carbocycles. The number of benzene rings is 1. The molecular weight excluding hydrogens is 224 g/mol. The Morgan fingerprint density at radius 1 is 1.11 bits per heavy atom. The van der Waals surface area contributed by atoms with Crippen LogP contribution in [0.2, 0.25) is 0 Å². The summed E-state index contributed by atoms with van der Waals surface area (Å²) in [6.45, 7) is 5.90. The summed E-state index contributed by atoms with van der Waals surface area (Å²) in [7, 11) is 0. The number of aryl methyl sites for hydroxylation is 3. The standard InChI is InChI=1S/C15H16N2O/c1-10-6-7-13(9-11(10)2)15(18)17-14-5-4-8-16-12(14)3/h4-9H,1-3H3,(H,17,18). The van der Waals surface area contributed by atoms with Crippen molar-refractivity contribution in [3.8, 4) is 0 Å². The molecule has 92 valence electrons. The molecule has 0 saturated heterocycles. The highest BCUT2D eigenvalue weighted by atomic mass is 16.1. The average molecular weight is 240 g/mol. The number of amides is 1. The molecule has 1 aromatic carbocycles. The Bertz CT molecular complexity index is 591. The van der Waals surface area contributed by atoms with Crippen LogP contribution in [0.5, 0.6) is 0 Å². The van der Waals surface area contributed by atoms with Gasteiger partial charge in [-0.3, -0.25) is 9.78 Å². The van der Waals surface area contributed by atoms with E-state index in [1.54, 1.807) is 6.20 Å². The minimum absolute atomic E-state index is 0.103. The number of nitrogens with zero attached hydrogens (tertiary/aromatic N) is 1. The van der Waals surface area contributed by atoms with Gasteiger partial charge in [0.05, 0.1) is 11.4 Å². The highest BCUT2D eigenvalue weighted by Crippen LogP contribution is 2.14. The van der Waals surface area contributed by atoms with Gasteiger partial charge in [-0.25, -0.2) is 0 Å². The van der Waals surface area contributed by atoms with Crippen LogP contribution >= 0.6 is 0 Å². The Hall–Kier alpha value is -2.16. The summed E-state index contributed by atoms with van der Waals surface area (Å²) in [6.07, 6.45) is 1.71. The van der Waals surface area contributed by atoms with E-state index < -0.39 is 0 Å². The second-order valence-corrected chi connectivity index (χ2v) is 4.39. The van der Waals surface area contributed by atoms with Crippen LogP contribution < -0.4 is 5.32 Å². The first-order chi connectivity index (χ1) is 8.58. The van der Waals surface area contributed by atoms with Crippen molar-refractivity contribution in [2.24, 2.45) is 0 Å². The summed E-state index contributed by atoms with van der Waals surface area (Å²) in [5.74, 6) is -0.103. The first kappa shape index (κ1) is 12.3. The molecule has 3 heteroatoms. The second-order valence-electron chi connectivity index (χ2n) is 4.39. The third-order valence-corrected chi connectivity index (χ3v) is 3.02. The number of anilines is 1. The Labute approximate surface area is 107 Å². The maximum Gasteiger partial charge on any atom is 0.255 e. The summed E-state index contributed by atoms with van der Waals surface area (Å²) >= 11 is 0. The Kier molecular flexibility index (Phi) is 3.42. The topological polar surface area (TPSA) is 42.0 Å². The van der Waals surface area contributed by atoms with Crippen LogP contribution in [-0.2, 0) is 0 Å². The van der Waals surface area contributed by atoms with Gasteiger partial charge in [-0.15, -0.1) is 0 Å². The van der Waals surface area contributed by atoms with Gasteiger partial charge in [-0.05, 0) is 56.2 Å². The van der Waals surface area contributed by atoms with Crippen molar-refractivity contribution < 1.29 is 4.79 Å². The molecule has 2 aromatic rings. The molecular formula is C15H16N2O. The lowest BCUT2D eigenvalue weighted by molar-refractivity contribution is 0.102. The van der Waals surface area contributed by atoms with Gasteiger partial charge in [-0.1, -0.05) is 6.07 Å². The first-order valence-electron chi connectivity index (χ1n) is 5.88. The maximum atomic E-state index is 12.1. The zero-order valence-corrected chi connectivity index (χ0v) is 10.8. The fraction of sp³-hybridized carbons (Fsp3) is 0.200. The quantitative estimate of drug-likeness (QED) is 0.875. The van der Waals surface area contributed by atoms with E-state index in [0.717, 1.165) is 16.9 Å². The van der Waals surface area contributed by atoms with Crippen molar-refractivity contribution in [2.45, 2.75) is 20.8 Å². The molecule has 0 atom stereocenters. The van der Waals surface area contributed by atoms with Crippen LogP contribution in [0.15, 0.2) is 36.5 Å². The molecule has 0 spiro atoms. The van der Waals surface area contributed by atoms with Crippen molar-refractivity contribution in [1.82, 2.24) is 4.98 Å². The number of aromatic nitrogens is 1. The van der Waals surface area contributed by atoms with E-state index in [1.807, 2.05) is 51.1 Å². The normalized spacial score (nSPS) is 10.2. The van der Waals surface area contributed by atoms with Crippen molar-refractivity contribution in [3.63, 3.8) is 0 Å². The Morgan fingerprint density at radius 3 is 2.56 bits per heavy atom. The van der Waals surface area contributed by atoms with Gasteiger partial charge in [-0.2, -0.15) is 0 Å². The third kappa shape index (κ3) is 2.56. The van der Waals surface area contributed by atoms with Gasteiger partial charge in [0.25, 0.3) is 5.91 Å². The maximum absolute atomic E-state index is 12.1. The third-order valence-electron chi connectivity index (χ3n) is 3.02. The molecule has 1 amide bonds. The number of pyridine rings is 1. The number of carbonyl (C=O) groups is 1. The molecule has 3 nitrogen and oxygen atoms in total. The summed E-state index contributed by atoms with van der Waals surface area (Å²) in [4.78, 5) is 16.2. The van der Waals surface area contributed by atoms with Crippen molar-refractivity contribution in [1.29, 1.82) is 0 Å². The number of hydrogen-bond acceptors (Lipinski definition) is 2. The van der Waals surface area contributed by atoms with Crippen LogP contribution in [0.25, 0.3) is 0 Å². The van der Waals surface area contributed by atoms with Crippen molar-refractivity contribution in [3.05, 3.63) is 58.9 Å². The van der Waals surface area contributed by atoms with Crippen LogP contribution in [0.1, 0.15) is 27.2 Å². The molecule has 0 aliphatic rings. The fourth-order valence-electron chi connectivity index (χ4n) is 1.69. The van der Waals surface area contributed by atoms with Crippen LogP contribution in [0, 0.1) is 20.8 Å². The molecule has 1 heterocycles. The first-order valence-corrected chi connectivity index (χ1v) is 5.88. The predicted molar refractivity (Wildman–Crippen MR) is 72.8 cm³/mol. The van der Waals surface area contributed by atoms with E-state index in [-0.39, 0.29) is 5.91 Å². The number of rotatable bonds is 2. The minimum Gasteiger partial charge on any atom is -0.320 e. The molecule has 2 rings (SSSR count). The SMILES string of the molecule is Cc1ccc(C(=O)Nc2cccnc2C)cc1C. The van der Waals surface area contributed by atoms with Gasteiger partial charge in [0.15, 0.2) is 0 Å². The van der Waals surface area contributed by atoms with Crippen LogP contribution in [0.3, 0.4) is 0 Å². The lowest BCUT2D eigenvalue weighted by Gasteiger charge is -2.08. The van der Waals surface area contributed by atoms with E-state index in [4.69, 9.17) is 0 Å². The average Bonchev–Trinajstić information content (AvgIpc) is 2.35. The van der Waals surface area contributed by atoms with E-state index in [1.165, 1.54) is 5.56 Å². The lowest BCUT2D eigenvalue weighted by atomic mass is 10.1. The summed E-state index contributed by atoms with van der Waals surface area (Å²) < 4.78 is 0. The lowest BCUT2D eigenvalue weighted by Crippen LogP contribution is -2.13. The molecule has 0 unspecified atom stereocenters. The minimum atomic E-state index is -0.103. The predicted octanol–water partition coefficient (Wildman–Crippen LogP) is 3.26. The highest BCUT2D eigenvalue weighted by Gasteiger charge is 2.08. The van der Waals surface area contributed by atoms with Crippen LogP contribution in [0.4, 0.5) is 5.69 Å². The van der Waals surface area contributed by atoms with Gasteiger partial charge in [0.1, 0.15) is 0 Å². The Morgan fingerprint density at radius 2 is 1.89 bits per heavy atom. The van der Waals surface area contributed by atoms with E-state index in [0.29, 0.717) is 5.56 Å². The monoisotopic (exact) mass is 240 g/mol. The zero-order valence-electron chi connectivity index (χ0n) is 10.8.